The van der Waals surface area contributed by atoms with Gasteiger partial charge in [0, 0.05) is 6.54 Å². The molecule has 4 nitrogen and oxygen atoms in total. The van der Waals surface area contributed by atoms with E-state index in [0.29, 0.717) is 13.0 Å². The number of benzene rings is 1. The minimum atomic E-state index is -0.177. The molecule has 106 valence electrons. The van der Waals surface area contributed by atoms with E-state index in [4.69, 9.17) is 4.74 Å². The Bertz CT molecular complexity index is 406. The summed E-state index contributed by atoms with van der Waals surface area (Å²) in [5.41, 5.74) is 3.60. The molecule has 1 rings (SSSR count). The maximum absolute atomic E-state index is 10.9. The van der Waals surface area contributed by atoms with Crippen LogP contribution in [0.5, 0.6) is 5.75 Å². The second kappa shape index (κ2) is 7.79. The van der Waals surface area contributed by atoms with Gasteiger partial charge in [0.25, 0.3) is 0 Å². The highest BCUT2D eigenvalue weighted by Gasteiger charge is 2.05. The number of hydrogen-bond donors (Lipinski definition) is 1. The number of aryl methyl sites for hydroxylation is 2. The van der Waals surface area contributed by atoms with Crippen molar-refractivity contribution in [3.05, 3.63) is 28.8 Å². The predicted molar refractivity (Wildman–Crippen MR) is 75.7 cm³/mol. The summed E-state index contributed by atoms with van der Waals surface area (Å²) in [4.78, 5) is 10.9. The number of carbonyl (C=O) groups is 1. The minimum Gasteiger partial charge on any atom is -0.496 e. The van der Waals surface area contributed by atoms with Crippen molar-refractivity contribution in [3.8, 4) is 5.75 Å². The maximum atomic E-state index is 10.9. The molecule has 0 heterocycles. The summed E-state index contributed by atoms with van der Waals surface area (Å²) in [6, 6.07) is 4.29. The van der Waals surface area contributed by atoms with Crippen LogP contribution in [-0.2, 0) is 16.0 Å². The zero-order valence-electron chi connectivity index (χ0n) is 12.2. The summed E-state index contributed by atoms with van der Waals surface area (Å²) in [6.07, 6.45) is 1.35. The highest BCUT2D eigenvalue weighted by molar-refractivity contribution is 5.69. The van der Waals surface area contributed by atoms with E-state index < -0.39 is 0 Å². The first-order valence-electron chi connectivity index (χ1n) is 6.50. The van der Waals surface area contributed by atoms with Gasteiger partial charge in [0.1, 0.15) is 5.75 Å². The first-order valence-corrected chi connectivity index (χ1v) is 6.50. The lowest BCUT2D eigenvalue weighted by molar-refractivity contribution is -0.140. The SMILES string of the molecule is COC(=O)CCNCCc1cc(C)c(OC)c(C)c1. The molecule has 0 radical (unpaired) electrons. The lowest BCUT2D eigenvalue weighted by Crippen LogP contribution is -2.21. The fraction of sp³-hybridized carbons (Fsp3) is 0.533. The van der Waals surface area contributed by atoms with Crippen molar-refractivity contribution >= 4 is 5.97 Å². The van der Waals surface area contributed by atoms with Crippen molar-refractivity contribution in [1.82, 2.24) is 5.32 Å². The molecule has 0 aromatic heterocycles. The van der Waals surface area contributed by atoms with E-state index in [2.05, 4.69) is 36.0 Å². The number of methoxy groups -OCH3 is 2. The van der Waals surface area contributed by atoms with Crippen LogP contribution in [0.2, 0.25) is 0 Å². The summed E-state index contributed by atoms with van der Waals surface area (Å²) < 4.78 is 9.92. The highest BCUT2D eigenvalue weighted by Crippen LogP contribution is 2.24. The lowest BCUT2D eigenvalue weighted by atomic mass is 10.0. The molecule has 0 fully saturated rings. The van der Waals surface area contributed by atoms with Crippen molar-refractivity contribution < 1.29 is 14.3 Å². The topological polar surface area (TPSA) is 47.6 Å². The van der Waals surface area contributed by atoms with E-state index in [1.165, 1.54) is 12.7 Å². The summed E-state index contributed by atoms with van der Waals surface area (Å²) in [6.45, 7) is 5.61. The van der Waals surface area contributed by atoms with E-state index in [0.717, 1.165) is 29.8 Å². The van der Waals surface area contributed by atoms with Crippen molar-refractivity contribution in [3.63, 3.8) is 0 Å². The van der Waals surface area contributed by atoms with Crippen LogP contribution in [0.1, 0.15) is 23.1 Å². The highest BCUT2D eigenvalue weighted by atomic mass is 16.5. The van der Waals surface area contributed by atoms with E-state index in [1.807, 2.05) is 0 Å². The van der Waals surface area contributed by atoms with Gasteiger partial charge in [-0.25, -0.2) is 0 Å². The molecular formula is C15H23NO3. The van der Waals surface area contributed by atoms with Crippen LogP contribution in [0.4, 0.5) is 0 Å². The molecule has 0 aliphatic heterocycles. The molecular weight excluding hydrogens is 242 g/mol. The van der Waals surface area contributed by atoms with Crippen molar-refractivity contribution in [2.75, 3.05) is 27.3 Å². The standard InChI is InChI=1S/C15H23NO3/c1-11-9-13(10-12(2)15(11)19-4)5-7-16-8-6-14(17)18-3/h9-10,16H,5-8H2,1-4H3. The molecule has 1 aromatic rings. The number of rotatable bonds is 7. The average Bonchev–Trinajstić information content (AvgIpc) is 2.37. The zero-order valence-corrected chi connectivity index (χ0v) is 12.2. The van der Waals surface area contributed by atoms with Gasteiger partial charge in [0.2, 0.25) is 0 Å². The molecule has 0 atom stereocenters. The molecule has 0 bridgehead atoms. The molecule has 0 amide bonds. The number of carbonyl (C=O) groups excluding carboxylic acids is 1. The molecule has 19 heavy (non-hydrogen) atoms. The van der Waals surface area contributed by atoms with Crippen LogP contribution in [0, 0.1) is 13.8 Å². The van der Waals surface area contributed by atoms with E-state index in [9.17, 15) is 4.79 Å². The van der Waals surface area contributed by atoms with Gasteiger partial charge in [-0.2, -0.15) is 0 Å². The van der Waals surface area contributed by atoms with Crippen molar-refractivity contribution in [2.45, 2.75) is 26.7 Å². The molecule has 1 N–H and O–H groups in total. The predicted octanol–water partition coefficient (Wildman–Crippen LogP) is 2.01. The number of ether oxygens (including phenoxy) is 2. The fourth-order valence-electron chi connectivity index (χ4n) is 2.16. The van der Waals surface area contributed by atoms with E-state index in [-0.39, 0.29) is 5.97 Å². The lowest BCUT2D eigenvalue weighted by Gasteiger charge is -2.11. The fourth-order valence-corrected chi connectivity index (χ4v) is 2.16. The van der Waals surface area contributed by atoms with Crippen molar-refractivity contribution in [1.29, 1.82) is 0 Å². The normalized spacial score (nSPS) is 10.3. The Morgan fingerprint density at radius 1 is 1.16 bits per heavy atom. The molecule has 0 aliphatic carbocycles. The van der Waals surface area contributed by atoms with Gasteiger partial charge in [-0.3, -0.25) is 4.79 Å². The minimum absolute atomic E-state index is 0.177. The molecule has 0 saturated carbocycles. The van der Waals surface area contributed by atoms with Crippen LogP contribution >= 0.6 is 0 Å². The van der Waals surface area contributed by atoms with Crippen molar-refractivity contribution in [2.24, 2.45) is 0 Å². The summed E-state index contributed by atoms with van der Waals surface area (Å²) in [5, 5.41) is 3.23. The Kier molecular flexibility index (Phi) is 6.36. The van der Waals surface area contributed by atoms with Gasteiger partial charge >= 0.3 is 5.97 Å². The van der Waals surface area contributed by atoms with Gasteiger partial charge in [-0.15, -0.1) is 0 Å². The summed E-state index contributed by atoms with van der Waals surface area (Å²) >= 11 is 0. The zero-order chi connectivity index (χ0) is 14.3. The third-order valence-corrected chi connectivity index (χ3v) is 3.05. The first kappa shape index (κ1) is 15.5. The van der Waals surface area contributed by atoms with Crippen LogP contribution in [0.15, 0.2) is 12.1 Å². The Hall–Kier alpha value is -1.55. The largest absolute Gasteiger partial charge is 0.496 e. The summed E-state index contributed by atoms with van der Waals surface area (Å²) in [7, 11) is 3.11. The van der Waals surface area contributed by atoms with Gasteiger partial charge in [-0.1, -0.05) is 12.1 Å². The Morgan fingerprint density at radius 3 is 2.32 bits per heavy atom. The Balaban J connectivity index is 2.40. The van der Waals surface area contributed by atoms with Crippen LogP contribution in [0.25, 0.3) is 0 Å². The number of nitrogens with one attached hydrogen (secondary N) is 1. The quantitative estimate of drug-likeness (QED) is 0.605. The molecule has 0 unspecified atom stereocenters. The second-order valence-corrected chi connectivity index (χ2v) is 4.59. The molecule has 0 spiro atoms. The van der Waals surface area contributed by atoms with Gasteiger partial charge in [0.05, 0.1) is 20.6 Å². The third-order valence-electron chi connectivity index (χ3n) is 3.05. The smallest absolute Gasteiger partial charge is 0.306 e. The summed E-state index contributed by atoms with van der Waals surface area (Å²) in [5.74, 6) is 0.783. The first-order chi connectivity index (χ1) is 9.08. The van der Waals surface area contributed by atoms with Gasteiger partial charge in [0.15, 0.2) is 0 Å². The number of esters is 1. The molecule has 1 aromatic carbocycles. The second-order valence-electron chi connectivity index (χ2n) is 4.59. The average molecular weight is 265 g/mol. The number of hydrogen-bond acceptors (Lipinski definition) is 4. The van der Waals surface area contributed by atoms with Gasteiger partial charge < -0.3 is 14.8 Å². The van der Waals surface area contributed by atoms with Crippen LogP contribution < -0.4 is 10.1 Å². The Morgan fingerprint density at radius 2 is 1.79 bits per heavy atom. The molecule has 0 saturated heterocycles. The maximum Gasteiger partial charge on any atom is 0.306 e. The van der Waals surface area contributed by atoms with Gasteiger partial charge in [-0.05, 0) is 43.5 Å². The monoisotopic (exact) mass is 265 g/mol. The molecule has 4 heteroatoms. The van der Waals surface area contributed by atoms with E-state index in [1.54, 1.807) is 7.11 Å². The molecule has 0 aliphatic rings. The van der Waals surface area contributed by atoms with Crippen LogP contribution in [-0.4, -0.2) is 33.3 Å². The van der Waals surface area contributed by atoms with E-state index >= 15 is 0 Å². The third kappa shape index (κ3) is 4.91. The Labute approximate surface area is 115 Å². The van der Waals surface area contributed by atoms with Crippen LogP contribution in [0.3, 0.4) is 0 Å².